The van der Waals surface area contributed by atoms with Gasteiger partial charge in [-0.1, -0.05) is 104 Å². The second-order valence-electron chi connectivity index (χ2n) is 21.9. The summed E-state index contributed by atoms with van der Waals surface area (Å²) in [6, 6.07) is 5.28. The number of ether oxygens (including phenoxy) is 7. The van der Waals surface area contributed by atoms with Crippen LogP contribution in [0.4, 0.5) is 25.8 Å². The third-order valence-corrected chi connectivity index (χ3v) is 23.2. The van der Waals surface area contributed by atoms with Crippen molar-refractivity contribution in [2.45, 2.75) is 103 Å². The number of methoxy groups -OCH3 is 2. The van der Waals surface area contributed by atoms with Crippen molar-refractivity contribution in [3.8, 4) is 23.0 Å². The monoisotopic (exact) mass is 1110 g/mol. The average Bonchev–Trinajstić information content (AvgIpc) is 3.95. The maximum atomic E-state index is 14.5. The Kier molecular flexibility index (Phi) is 22.6. The Balaban J connectivity index is 1.60. The predicted molar refractivity (Wildman–Crippen MR) is 304 cm³/mol. The van der Waals surface area contributed by atoms with Crippen molar-refractivity contribution in [2.75, 3.05) is 97.3 Å². The summed E-state index contributed by atoms with van der Waals surface area (Å²) in [5.74, 6) is -0.163. The van der Waals surface area contributed by atoms with Gasteiger partial charge in [0.25, 0.3) is 11.8 Å². The largest absolute Gasteiger partial charge is 0.493 e. The molecule has 2 saturated heterocycles. The van der Waals surface area contributed by atoms with Crippen LogP contribution in [0.2, 0.25) is 36.3 Å². The Morgan fingerprint density at radius 3 is 1.31 bits per heavy atom. The third kappa shape index (κ3) is 17.2. The van der Waals surface area contributed by atoms with Gasteiger partial charge in [0, 0.05) is 25.2 Å². The summed E-state index contributed by atoms with van der Waals surface area (Å²) in [5, 5.41) is 5.27. The minimum Gasteiger partial charge on any atom is -0.493 e. The zero-order valence-corrected chi connectivity index (χ0v) is 49.5. The fourth-order valence-corrected chi connectivity index (χ4v) is 9.80. The molecule has 0 unspecified atom stereocenters. The first-order valence-electron chi connectivity index (χ1n) is 25.7. The molecule has 5 amide bonds. The number of amides is 5. The van der Waals surface area contributed by atoms with Crippen molar-refractivity contribution < 1.29 is 66.0 Å². The number of anilines is 2. The fraction of sp³-hybridized carbons (Fsp3) is 0.518. The highest BCUT2D eigenvalue weighted by atomic mass is 28.4. The molecular formula is C56H83N5O14Si2. The molecule has 2 aromatic rings. The Morgan fingerprint density at radius 1 is 0.610 bits per heavy atom. The van der Waals surface area contributed by atoms with Crippen molar-refractivity contribution in [2.24, 2.45) is 0 Å². The predicted octanol–water partition coefficient (Wildman–Crippen LogP) is 10.8. The highest BCUT2D eigenvalue weighted by Gasteiger charge is 2.42. The molecule has 424 valence electrons. The topological polar surface area (TPSA) is 202 Å². The molecule has 2 N–H and O–H groups in total. The van der Waals surface area contributed by atoms with Crippen LogP contribution in [0, 0.1) is 0 Å². The van der Waals surface area contributed by atoms with Crippen LogP contribution in [0.1, 0.15) is 75.1 Å². The van der Waals surface area contributed by atoms with Crippen LogP contribution < -0.4 is 29.6 Å². The molecule has 2 aliphatic rings. The van der Waals surface area contributed by atoms with E-state index in [1.807, 2.05) is 0 Å². The van der Waals surface area contributed by atoms with E-state index in [1.54, 1.807) is 9.80 Å². The van der Waals surface area contributed by atoms with E-state index in [0.29, 0.717) is 26.1 Å². The van der Waals surface area contributed by atoms with Crippen molar-refractivity contribution >= 4 is 58.1 Å². The molecule has 0 bridgehead atoms. The third-order valence-electron chi connectivity index (χ3n) is 14.2. The van der Waals surface area contributed by atoms with Crippen LogP contribution in [-0.4, -0.2) is 160 Å². The molecule has 0 spiro atoms. The number of nitrogens with zero attached hydrogens (tertiary/aromatic N) is 3. The minimum atomic E-state index is -2.17. The van der Waals surface area contributed by atoms with Crippen molar-refractivity contribution in [1.29, 1.82) is 0 Å². The standard InChI is InChI=1S/C56H83N5O14Si2/c1-18-23-71-52(64)57-44-32-48(46(67-12)30-42(44)50(62)60-34-38(4)28-40(60)36-74-76(14,15)55(6,7)8)69-26-21-59(54(66)73-25-20-3)22-27-70-49-33-45(58-53(65)72-24-19-2)43(31-47(49)68-13)51(63)61-35-39(5)29-41(61)37-75-77(16,17)56(9,10)11/h18-20,30-33,40-41H,1-5,21-29,34-37H2,6-17H3,(H,57,64)(H,58,65)/t40-,41-/m0/s1. The minimum absolute atomic E-state index is 0.0462. The lowest BCUT2D eigenvalue weighted by atomic mass is 10.1. The molecule has 21 heteroatoms. The zero-order chi connectivity index (χ0) is 57.5. The molecule has 2 aromatic carbocycles. The zero-order valence-electron chi connectivity index (χ0n) is 47.5. The van der Waals surface area contributed by atoms with Gasteiger partial charge in [0.2, 0.25) is 0 Å². The first-order valence-corrected chi connectivity index (χ1v) is 31.5. The second-order valence-corrected chi connectivity index (χ2v) is 31.5. The van der Waals surface area contributed by atoms with Crippen molar-refractivity contribution in [3.05, 3.63) is 97.7 Å². The maximum absolute atomic E-state index is 14.5. The van der Waals surface area contributed by atoms with Crippen molar-refractivity contribution in [1.82, 2.24) is 14.7 Å². The van der Waals surface area contributed by atoms with Gasteiger partial charge in [-0.25, -0.2) is 14.4 Å². The van der Waals surface area contributed by atoms with Crippen LogP contribution in [0.3, 0.4) is 0 Å². The quantitative estimate of drug-likeness (QED) is 0.0512. The lowest BCUT2D eigenvalue weighted by Crippen LogP contribution is -2.46. The van der Waals surface area contributed by atoms with Gasteiger partial charge < -0.3 is 56.7 Å². The number of nitrogens with one attached hydrogen (secondary N) is 2. The van der Waals surface area contributed by atoms with Gasteiger partial charge in [-0.3, -0.25) is 20.2 Å². The van der Waals surface area contributed by atoms with Gasteiger partial charge in [0.1, 0.15) is 33.0 Å². The van der Waals surface area contributed by atoms with Crippen LogP contribution >= 0.6 is 0 Å². The number of carbonyl (C=O) groups excluding carboxylic acids is 5. The average molecular weight is 1110 g/mol. The molecule has 4 rings (SSSR count). The molecule has 2 atom stereocenters. The molecule has 19 nitrogen and oxygen atoms in total. The second kappa shape index (κ2) is 27.7. The van der Waals surface area contributed by atoms with E-state index in [2.05, 4.69) is 111 Å². The summed E-state index contributed by atoms with van der Waals surface area (Å²) in [5.41, 5.74) is 2.13. The van der Waals surface area contributed by atoms with Gasteiger partial charge in [-0.15, -0.1) is 0 Å². The van der Waals surface area contributed by atoms with Crippen LogP contribution in [0.25, 0.3) is 0 Å². The summed E-state index contributed by atoms with van der Waals surface area (Å²) >= 11 is 0. The molecular weight excluding hydrogens is 1020 g/mol. The summed E-state index contributed by atoms with van der Waals surface area (Å²) < 4.78 is 52.9. The van der Waals surface area contributed by atoms with Crippen LogP contribution in [-0.2, 0) is 23.1 Å². The summed E-state index contributed by atoms with van der Waals surface area (Å²) in [6.07, 6.45) is 2.98. The maximum Gasteiger partial charge on any atom is 0.411 e. The molecule has 0 radical (unpaired) electrons. The molecule has 0 aromatic heterocycles. The Morgan fingerprint density at radius 2 is 0.974 bits per heavy atom. The van der Waals surface area contributed by atoms with E-state index in [9.17, 15) is 24.0 Å². The Labute approximate surface area is 457 Å². The normalized spacial score (nSPS) is 15.8. The smallest absolute Gasteiger partial charge is 0.411 e. The Hall–Kier alpha value is -6.56. The number of likely N-dealkylation sites (tertiary alicyclic amines) is 2. The Bertz CT molecular complexity index is 2340. The summed E-state index contributed by atoms with van der Waals surface area (Å²) in [4.78, 5) is 73.3. The fourth-order valence-electron chi connectivity index (χ4n) is 7.71. The van der Waals surface area contributed by atoms with E-state index in [0.717, 1.165) is 11.1 Å². The van der Waals surface area contributed by atoms with Crippen molar-refractivity contribution in [3.63, 3.8) is 0 Å². The molecule has 2 aliphatic heterocycles. The summed E-state index contributed by atoms with van der Waals surface area (Å²) in [7, 11) is -1.51. The molecule has 2 heterocycles. The van der Waals surface area contributed by atoms with E-state index in [4.69, 9.17) is 42.0 Å². The van der Waals surface area contributed by atoms with E-state index in [1.165, 1.54) is 61.6 Å². The molecule has 2 fully saturated rings. The van der Waals surface area contributed by atoms with Gasteiger partial charge in [0.15, 0.2) is 39.6 Å². The summed E-state index contributed by atoms with van der Waals surface area (Å²) in [6.45, 7) is 41.4. The van der Waals surface area contributed by atoms with Gasteiger partial charge >= 0.3 is 18.3 Å². The SMILES string of the molecule is C=CCOC(=O)Nc1cc(OCCN(CCOc2cc(NC(=O)OCC=C)c(C(=O)N3CC(=C)C[C@H]3CO[Si](C)(C)C(C)(C)C)cc2OC)C(=O)OCC=C)c(OC)cc1C(=O)N1CC(=C)C[C@H]1CO[Si](C)(C)C(C)(C)C. The van der Waals surface area contributed by atoms with Crippen LogP contribution in [0.15, 0.2) is 86.5 Å². The van der Waals surface area contributed by atoms with E-state index < -0.39 is 46.7 Å². The number of rotatable bonds is 26. The first-order chi connectivity index (χ1) is 36.1. The van der Waals surface area contributed by atoms with Crippen LogP contribution in [0.5, 0.6) is 23.0 Å². The number of carbonyl (C=O) groups is 5. The highest BCUT2D eigenvalue weighted by Crippen LogP contribution is 2.41. The molecule has 0 saturated carbocycles. The lowest BCUT2D eigenvalue weighted by Gasteiger charge is -2.38. The number of benzene rings is 2. The molecule has 77 heavy (non-hydrogen) atoms. The van der Waals surface area contributed by atoms with E-state index in [-0.39, 0.29) is 127 Å². The van der Waals surface area contributed by atoms with E-state index >= 15 is 0 Å². The first kappa shape index (κ1) is 63.0. The highest BCUT2D eigenvalue weighted by molar-refractivity contribution is 6.74. The van der Waals surface area contributed by atoms with Gasteiger partial charge in [-0.05, 0) is 61.2 Å². The number of hydrogen-bond donors (Lipinski definition) is 2. The van der Waals surface area contributed by atoms with Gasteiger partial charge in [0.05, 0.1) is 75.1 Å². The molecule has 0 aliphatic carbocycles. The lowest BCUT2D eigenvalue weighted by molar-refractivity contribution is 0.0680. The number of hydrogen-bond acceptors (Lipinski definition) is 14. The van der Waals surface area contributed by atoms with Gasteiger partial charge in [-0.2, -0.15) is 0 Å².